The molecule has 7 nitrogen and oxygen atoms in total. The predicted octanol–water partition coefficient (Wildman–Crippen LogP) is 5.77. The Bertz CT molecular complexity index is 1150. The zero-order chi connectivity index (χ0) is 27.8. The van der Waals surface area contributed by atoms with Crippen molar-refractivity contribution in [2.75, 3.05) is 23.7 Å². The molecule has 1 unspecified atom stereocenters. The maximum atomic E-state index is 13.5. The molecule has 0 aliphatic carbocycles. The summed E-state index contributed by atoms with van der Waals surface area (Å²) in [4.78, 5) is 28.0. The van der Waals surface area contributed by atoms with Gasteiger partial charge in [0.25, 0.3) is 0 Å². The number of benzene rings is 2. The minimum atomic E-state index is -3.59. The minimum absolute atomic E-state index is 0.0235. The monoisotopic (exact) mass is 589 g/mol. The normalized spacial score (nSPS) is 12.3. The molecule has 0 saturated heterocycles. The molecule has 0 saturated carbocycles. The molecule has 0 radical (unpaired) electrons. The number of rotatable bonds is 13. The summed E-state index contributed by atoms with van der Waals surface area (Å²) >= 11 is 18.7. The second kappa shape index (κ2) is 14.2. The van der Waals surface area contributed by atoms with Gasteiger partial charge in [-0.1, -0.05) is 61.6 Å². The highest BCUT2D eigenvalue weighted by Gasteiger charge is 2.30. The molecule has 0 bridgehead atoms. The van der Waals surface area contributed by atoms with Gasteiger partial charge in [0, 0.05) is 46.7 Å². The summed E-state index contributed by atoms with van der Waals surface area (Å²) in [5.41, 5.74) is 1.01. The topological polar surface area (TPSA) is 86.8 Å². The molecule has 0 aromatic heterocycles. The lowest BCUT2D eigenvalue weighted by molar-refractivity contribution is -0.141. The summed E-state index contributed by atoms with van der Waals surface area (Å²) in [5.74, 6) is -0.308. The maximum absolute atomic E-state index is 13.5. The Balaban J connectivity index is 2.26. The molecule has 1 N–H and O–H groups in total. The third-order valence-electron chi connectivity index (χ3n) is 5.73. The summed E-state index contributed by atoms with van der Waals surface area (Å²) in [6.07, 6.45) is 1.76. The van der Waals surface area contributed by atoms with Crippen molar-refractivity contribution >= 4 is 62.3 Å². The lowest BCUT2D eigenvalue weighted by atomic mass is 10.1. The quantitative estimate of drug-likeness (QED) is 0.321. The molecule has 0 fully saturated rings. The number of nitrogens with zero attached hydrogens (tertiary/aromatic N) is 2. The molecule has 11 heteroatoms. The largest absolute Gasteiger partial charge is 0.354 e. The van der Waals surface area contributed by atoms with Gasteiger partial charge in [0.2, 0.25) is 21.8 Å². The van der Waals surface area contributed by atoms with E-state index in [1.165, 1.54) is 9.21 Å². The van der Waals surface area contributed by atoms with E-state index in [4.69, 9.17) is 34.8 Å². The third-order valence-corrected chi connectivity index (χ3v) is 7.88. The number of hydrogen-bond donors (Lipinski definition) is 1. The number of sulfonamides is 1. The number of anilines is 1. The first-order valence-corrected chi connectivity index (χ1v) is 15.1. The van der Waals surface area contributed by atoms with E-state index in [2.05, 4.69) is 5.32 Å². The number of hydrogen-bond acceptors (Lipinski definition) is 4. The Hall–Kier alpha value is -2.00. The van der Waals surface area contributed by atoms with Crippen molar-refractivity contribution in [3.8, 4) is 0 Å². The first kappa shape index (κ1) is 31.2. The fraction of sp³-hybridized carbons (Fsp3) is 0.462. The fourth-order valence-electron chi connectivity index (χ4n) is 3.81. The molecule has 204 valence electrons. The van der Waals surface area contributed by atoms with Gasteiger partial charge in [0.05, 0.1) is 11.9 Å². The average Bonchev–Trinajstić information content (AvgIpc) is 2.82. The van der Waals surface area contributed by atoms with Gasteiger partial charge < -0.3 is 10.2 Å². The van der Waals surface area contributed by atoms with E-state index in [1.807, 2.05) is 20.8 Å². The van der Waals surface area contributed by atoms with E-state index in [0.717, 1.165) is 6.26 Å². The Labute approximate surface area is 235 Å². The summed E-state index contributed by atoms with van der Waals surface area (Å²) in [7, 11) is -3.59. The molecule has 37 heavy (non-hydrogen) atoms. The predicted molar refractivity (Wildman–Crippen MR) is 152 cm³/mol. The lowest BCUT2D eigenvalue weighted by Crippen LogP contribution is -2.49. The van der Waals surface area contributed by atoms with Crippen LogP contribution in [0.15, 0.2) is 42.5 Å². The standard InChI is InChI=1S/C26H34Cl3N3O4S/c1-5-24(26(34)30-16-18(2)3)31(17-21-22(28)8-6-9-23(21)29)25(33)10-7-15-32(37(4,35)36)20-13-11-19(27)12-14-20/h6,8-9,11-14,18,24H,5,7,10,15-17H2,1-4H3,(H,30,34). The zero-order valence-corrected chi connectivity index (χ0v) is 24.6. The zero-order valence-electron chi connectivity index (χ0n) is 21.5. The smallest absolute Gasteiger partial charge is 0.242 e. The Morgan fingerprint density at radius 3 is 2.11 bits per heavy atom. The van der Waals surface area contributed by atoms with Crippen LogP contribution in [0.5, 0.6) is 0 Å². The van der Waals surface area contributed by atoms with Crippen LogP contribution in [0.2, 0.25) is 15.1 Å². The Morgan fingerprint density at radius 2 is 1.59 bits per heavy atom. The minimum Gasteiger partial charge on any atom is -0.354 e. The van der Waals surface area contributed by atoms with E-state index < -0.39 is 16.1 Å². The summed E-state index contributed by atoms with van der Waals surface area (Å²) in [6, 6.07) is 10.8. The van der Waals surface area contributed by atoms with E-state index in [0.29, 0.717) is 39.3 Å². The van der Waals surface area contributed by atoms with Crippen molar-refractivity contribution in [1.29, 1.82) is 0 Å². The first-order chi connectivity index (χ1) is 17.3. The van der Waals surface area contributed by atoms with Gasteiger partial charge in [0.1, 0.15) is 6.04 Å². The maximum Gasteiger partial charge on any atom is 0.242 e. The molecule has 2 rings (SSSR count). The van der Waals surface area contributed by atoms with Crippen LogP contribution in [0.3, 0.4) is 0 Å². The van der Waals surface area contributed by atoms with Crippen molar-refractivity contribution in [2.45, 2.75) is 52.6 Å². The second-order valence-electron chi connectivity index (χ2n) is 9.20. The van der Waals surface area contributed by atoms with Crippen LogP contribution in [0, 0.1) is 5.92 Å². The van der Waals surface area contributed by atoms with E-state index in [1.54, 1.807) is 42.5 Å². The van der Waals surface area contributed by atoms with Gasteiger partial charge in [0.15, 0.2) is 0 Å². The number of halogens is 3. The van der Waals surface area contributed by atoms with Gasteiger partial charge >= 0.3 is 0 Å². The van der Waals surface area contributed by atoms with Gasteiger partial charge in [-0.25, -0.2) is 8.42 Å². The molecule has 2 aromatic carbocycles. The first-order valence-electron chi connectivity index (χ1n) is 12.1. The fourth-order valence-corrected chi connectivity index (χ4v) is 5.42. The molecule has 0 heterocycles. The average molecular weight is 591 g/mol. The van der Waals surface area contributed by atoms with E-state index in [-0.39, 0.29) is 43.7 Å². The van der Waals surface area contributed by atoms with Crippen molar-refractivity contribution < 1.29 is 18.0 Å². The van der Waals surface area contributed by atoms with Crippen LogP contribution in [0.4, 0.5) is 5.69 Å². The molecular weight excluding hydrogens is 557 g/mol. The van der Waals surface area contributed by atoms with Crippen LogP contribution in [0.25, 0.3) is 0 Å². The summed E-state index contributed by atoms with van der Waals surface area (Å²) in [6.45, 7) is 6.43. The molecule has 1 atom stereocenters. The highest BCUT2D eigenvalue weighted by Crippen LogP contribution is 2.28. The van der Waals surface area contributed by atoms with Crippen molar-refractivity contribution in [3.05, 3.63) is 63.1 Å². The third kappa shape index (κ3) is 9.36. The van der Waals surface area contributed by atoms with Crippen molar-refractivity contribution in [1.82, 2.24) is 10.2 Å². The van der Waals surface area contributed by atoms with E-state index >= 15 is 0 Å². The molecule has 0 spiro atoms. The number of carbonyl (C=O) groups is 2. The van der Waals surface area contributed by atoms with Crippen LogP contribution >= 0.6 is 34.8 Å². The lowest BCUT2D eigenvalue weighted by Gasteiger charge is -2.32. The second-order valence-corrected chi connectivity index (χ2v) is 12.4. The van der Waals surface area contributed by atoms with Crippen LogP contribution in [0.1, 0.15) is 45.6 Å². The van der Waals surface area contributed by atoms with Gasteiger partial charge in [-0.3, -0.25) is 13.9 Å². The van der Waals surface area contributed by atoms with E-state index in [9.17, 15) is 18.0 Å². The number of carbonyl (C=O) groups excluding carboxylic acids is 2. The molecule has 0 aliphatic heterocycles. The SMILES string of the molecule is CCC(C(=O)NCC(C)C)N(Cc1c(Cl)cccc1Cl)C(=O)CCCN(c1ccc(Cl)cc1)S(C)(=O)=O. The van der Waals surface area contributed by atoms with Gasteiger partial charge in [-0.05, 0) is 55.2 Å². The van der Waals surface area contributed by atoms with Crippen molar-refractivity contribution in [3.63, 3.8) is 0 Å². The molecule has 0 aliphatic rings. The van der Waals surface area contributed by atoms with Crippen LogP contribution in [-0.4, -0.2) is 50.5 Å². The van der Waals surface area contributed by atoms with Crippen molar-refractivity contribution in [2.24, 2.45) is 5.92 Å². The number of nitrogens with one attached hydrogen (secondary N) is 1. The molecular formula is C26H34Cl3N3O4S. The number of amides is 2. The van der Waals surface area contributed by atoms with Crippen LogP contribution in [-0.2, 0) is 26.2 Å². The van der Waals surface area contributed by atoms with Crippen LogP contribution < -0.4 is 9.62 Å². The van der Waals surface area contributed by atoms with Gasteiger partial charge in [-0.2, -0.15) is 0 Å². The summed E-state index contributed by atoms with van der Waals surface area (Å²) in [5, 5.41) is 4.19. The molecule has 2 aromatic rings. The summed E-state index contributed by atoms with van der Waals surface area (Å²) < 4.78 is 26.1. The highest BCUT2D eigenvalue weighted by molar-refractivity contribution is 7.92. The Kier molecular flexibility index (Phi) is 12.0. The Morgan fingerprint density at radius 1 is 1.00 bits per heavy atom. The molecule has 2 amide bonds. The van der Waals surface area contributed by atoms with Gasteiger partial charge in [-0.15, -0.1) is 0 Å². The highest BCUT2D eigenvalue weighted by atomic mass is 35.5.